The first-order valence-corrected chi connectivity index (χ1v) is 8.70. The number of hydrogen-bond donors (Lipinski definition) is 2. The summed E-state index contributed by atoms with van der Waals surface area (Å²) in [6.07, 6.45) is -5.08. The summed E-state index contributed by atoms with van der Waals surface area (Å²) in [5.74, 6) is -2.33. The number of carboxylic acids is 1. The SMILES string of the molecule is Cc1ccc(CNCC2COCc3c(C)nnn3C2)cc1.O=C(O)C(F)(F)F. The maximum Gasteiger partial charge on any atom is 0.490 e. The van der Waals surface area contributed by atoms with Crippen LogP contribution in [0.15, 0.2) is 24.3 Å². The van der Waals surface area contributed by atoms with Crippen molar-refractivity contribution in [3.05, 3.63) is 46.8 Å². The van der Waals surface area contributed by atoms with Crippen molar-refractivity contribution in [2.24, 2.45) is 5.92 Å². The monoisotopic (exact) mass is 400 g/mol. The average Bonchev–Trinajstić information content (AvgIpc) is 2.84. The molecule has 2 N–H and O–H groups in total. The number of rotatable bonds is 4. The highest BCUT2D eigenvalue weighted by atomic mass is 19.4. The summed E-state index contributed by atoms with van der Waals surface area (Å²) in [4.78, 5) is 8.90. The van der Waals surface area contributed by atoms with E-state index in [0.29, 0.717) is 12.5 Å². The summed E-state index contributed by atoms with van der Waals surface area (Å²) in [5.41, 5.74) is 4.69. The number of halogens is 3. The van der Waals surface area contributed by atoms with Crippen LogP contribution in [0.25, 0.3) is 0 Å². The van der Waals surface area contributed by atoms with Crippen LogP contribution in [0.3, 0.4) is 0 Å². The zero-order chi connectivity index (χ0) is 20.7. The Kier molecular flexibility index (Phi) is 7.53. The lowest BCUT2D eigenvalue weighted by atomic mass is 10.1. The molecule has 1 atom stereocenters. The van der Waals surface area contributed by atoms with Crippen LogP contribution in [-0.2, 0) is 29.2 Å². The lowest BCUT2D eigenvalue weighted by Gasteiger charge is -2.15. The largest absolute Gasteiger partial charge is 0.490 e. The number of aliphatic carboxylic acids is 1. The van der Waals surface area contributed by atoms with E-state index in [0.717, 1.165) is 37.6 Å². The van der Waals surface area contributed by atoms with Gasteiger partial charge in [-0.15, -0.1) is 5.10 Å². The summed E-state index contributed by atoms with van der Waals surface area (Å²) >= 11 is 0. The second kappa shape index (κ2) is 9.65. The number of carbonyl (C=O) groups is 1. The molecule has 7 nitrogen and oxygen atoms in total. The normalized spacial score (nSPS) is 16.5. The Morgan fingerprint density at radius 2 is 1.96 bits per heavy atom. The Balaban J connectivity index is 0.000000345. The minimum absolute atomic E-state index is 0.429. The second-order valence-corrected chi connectivity index (χ2v) is 6.60. The van der Waals surface area contributed by atoms with Crippen LogP contribution in [0.4, 0.5) is 13.2 Å². The highest BCUT2D eigenvalue weighted by molar-refractivity contribution is 5.73. The number of nitrogens with zero attached hydrogens (tertiary/aromatic N) is 3. The molecule has 0 fully saturated rings. The molecule has 0 amide bonds. The van der Waals surface area contributed by atoms with Gasteiger partial charge in [-0.3, -0.25) is 0 Å². The Morgan fingerprint density at radius 1 is 1.32 bits per heavy atom. The van der Waals surface area contributed by atoms with Crippen molar-refractivity contribution in [1.82, 2.24) is 20.3 Å². The molecule has 0 saturated carbocycles. The van der Waals surface area contributed by atoms with E-state index in [1.807, 2.05) is 11.6 Å². The summed E-state index contributed by atoms with van der Waals surface area (Å²) in [5, 5.41) is 19.0. The number of nitrogens with one attached hydrogen (secondary N) is 1. The summed E-state index contributed by atoms with van der Waals surface area (Å²) in [6.45, 7) is 8.16. The predicted octanol–water partition coefficient (Wildman–Crippen LogP) is 2.46. The first-order chi connectivity index (χ1) is 13.2. The Hall–Kier alpha value is -2.46. The van der Waals surface area contributed by atoms with Crippen molar-refractivity contribution in [2.75, 3.05) is 13.2 Å². The zero-order valence-electron chi connectivity index (χ0n) is 15.7. The van der Waals surface area contributed by atoms with Crippen LogP contribution in [0.5, 0.6) is 0 Å². The van der Waals surface area contributed by atoms with Gasteiger partial charge in [0.2, 0.25) is 0 Å². The molecule has 1 aliphatic rings. The molecule has 0 spiro atoms. The van der Waals surface area contributed by atoms with Gasteiger partial charge in [0, 0.05) is 25.6 Å². The molecule has 154 valence electrons. The van der Waals surface area contributed by atoms with Gasteiger partial charge >= 0.3 is 12.1 Å². The Labute approximate surface area is 160 Å². The van der Waals surface area contributed by atoms with Gasteiger partial charge in [-0.25, -0.2) is 9.48 Å². The van der Waals surface area contributed by atoms with E-state index in [2.05, 4.69) is 46.8 Å². The van der Waals surface area contributed by atoms with Crippen molar-refractivity contribution >= 4 is 5.97 Å². The third kappa shape index (κ3) is 6.61. The molecule has 1 aliphatic heterocycles. The smallest absolute Gasteiger partial charge is 0.475 e. The van der Waals surface area contributed by atoms with Crippen LogP contribution in [0.2, 0.25) is 0 Å². The highest BCUT2D eigenvalue weighted by Gasteiger charge is 2.38. The number of hydrogen-bond acceptors (Lipinski definition) is 5. The minimum atomic E-state index is -5.08. The van der Waals surface area contributed by atoms with E-state index in [9.17, 15) is 13.2 Å². The molecule has 0 radical (unpaired) electrons. The van der Waals surface area contributed by atoms with Gasteiger partial charge in [0.1, 0.15) is 0 Å². The Bertz CT molecular complexity index is 775. The molecule has 28 heavy (non-hydrogen) atoms. The Morgan fingerprint density at radius 3 is 2.57 bits per heavy atom. The van der Waals surface area contributed by atoms with E-state index in [1.165, 1.54) is 11.1 Å². The van der Waals surface area contributed by atoms with Gasteiger partial charge < -0.3 is 15.2 Å². The molecule has 0 saturated heterocycles. The van der Waals surface area contributed by atoms with E-state index in [1.54, 1.807) is 0 Å². The first kappa shape index (κ1) is 21.8. The fourth-order valence-electron chi connectivity index (χ4n) is 2.61. The van der Waals surface area contributed by atoms with Gasteiger partial charge in [-0.1, -0.05) is 35.0 Å². The molecule has 0 bridgehead atoms. The topological polar surface area (TPSA) is 89.3 Å². The van der Waals surface area contributed by atoms with E-state index >= 15 is 0 Å². The summed E-state index contributed by atoms with van der Waals surface area (Å²) in [7, 11) is 0. The van der Waals surface area contributed by atoms with Gasteiger partial charge in [-0.2, -0.15) is 13.2 Å². The average molecular weight is 400 g/mol. The fraction of sp³-hybridized carbons (Fsp3) is 0.500. The molecule has 1 aromatic heterocycles. The third-order valence-corrected chi connectivity index (χ3v) is 4.18. The lowest BCUT2D eigenvalue weighted by molar-refractivity contribution is -0.192. The molecule has 0 aliphatic carbocycles. The fourth-order valence-corrected chi connectivity index (χ4v) is 2.61. The zero-order valence-corrected chi connectivity index (χ0v) is 15.7. The van der Waals surface area contributed by atoms with E-state index < -0.39 is 12.1 Å². The van der Waals surface area contributed by atoms with Crippen molar-refractivity contribution in [2.45, 2.75) is 39.7 Å². The number of alkyl halides is 3. The molecule has 1 unspecified atom stereocenters. The molecule has 2 heterocycles. The molecule has 1 aromatic carbocycles. The van der Waals surface area contributed by atoms with Crippen LogP contribution in [-0.4, -0.2) is 45.4 Å². The number of fused-ring (bicyclic) bond motifs is 1. The molecule has 2 aromatic rings. The second-order valence-electron chi connectivity index (χ2n) is 6.60. The van der Waals surface area contributed by atoms with Gasteiger partial charge in [0.15, 0.2) is 0 Å². The van der Waals surface area contributed by atoms with Gasteiger partial charge in [0.25, 0.3) is 0 Å². The maximum atomic E-state index is 10.6. The van der Waals surface area contributed by atoms with Crippen LogP contribution in [0.1, 0.15) is 22.5 Å². The van der Waals surface area contributed by atoms with Crippen molar-refractivity contribution in [3.8, 4) is 0 Å². The van der Waals surface area contributed by atoms with Crippen LogP contribution in [0, 0.1) is 19.8 Å². The minimum Gasteiger partial charge on any atom is -0.475 e. The number of aryl methyl sites for hydroxylation is 2. The van der Waals surface area contributed by atoms with Crippen molar-refractivity contribution in [1.29, 1.82) is 0 Å². The maximum absolute atomic E-state index is 10.6. The molecule has 3 rings (SSSR count). The number of benzene rings is 1. The standard InChI is InChI=1S/C16H22N4O.C2HF3O2/c1-12-3-5-14(6-4-12)7-17-8-15-9-20-16(11-21-10-15)13(2)18-19-20;3-2(4,5)1(6)7/h3-6,15,17H,7-11H2,1-2H3;(H,6,7). The third-order valence-electron chi connectivity index (χ3n) is 4.18. The van der Waals surface area contributed by atoms with E-state index in [4.69, 9.17) is 14.6 Å². The lowest BCUT2D eigenvalue weighted by Crippen LogP contribution is -2.28. The van der Waals surface area contributed by atoms with E-state index in [-0.39, 0.29) is 0 Å². The number of ether oxygens (including phenoxy) is 1. The molecular formula is C18H23F3N4O3. The number of aromatic nitrogens is 3. The molecule has 10 heteroatoms. The summed E-state index contributed by atoms with van der Waals surface area (Å²) < 4.78 is 39.5. The van der Waals surface area contributed by atoms with Crippen molar-refractivity contribution in [3.63, 3.8) is 0 Å². The molecular weight excluding hydrogens is 377 g/mol. The first-order valence-electron chi connectivity index (χ1n) is 8.70. The van der Waals surface area contributed by atoms with Gasteiger partial charge in [0.05, 0.1) is 24.6 Å². The van der Waals surface area contributed by atoms with Crippen LogP contribution < -0.4 is 5.32 Å². The predicted molar refractivity (Wildman–Crippen MR) is 94.5 cm³/mol. The highest BCUT2D eigenvalue weighted by Crippen LogP contribution is 2.15. The summed E-state index contributed by atoms with van der Waals surface area (Å²) in [6, 6.07) is 8.64. The van der Waals surface area contributed by atoms with Crippen molar-refractivity contribution < 1.29 is 27.8 Å². The van der Waals surface area contributed by atoms with Gasteiger partial charge in [-0.05, 0) is 19.4 Å². The number of carboxylic acid groups (broad SMARTS) is 1. The quantitative estimate of drug-likeness (QED) is 0.820. The van der Waals surface area contributed by atoms with Crippen LogP contribution >= 0.6 is 0 Å².